The van der Waals surface area contributed by atoms with Gasteiger partial charge in [0.1, 0.15) is 11.6 Å². The maximum absolute atomic E-state index is 5.33. The van der Waals surface area contributed by atoms with E-state index in [1.807, 2.05) is 31.3 Å². The Morgan fingerprint density at radius 3 is 2.73 bits per heavy atom. The van der Waals surface area contributed by atoms with Crippen LogP contribution in [0.25, 0.3) is 0 Å². The number of methoxy groups -OCH3 is 1. The van der Waals surface area contributed by atoms with Crippen LogP contribution in [0.1, 0.15) is 23.6 Å². The monoisotopic (exact) mass is 297 g/mol. The van der Waals surface area contributed by atoms with Gasteiger partial charge in [0.2, 0.25) is 0 Å². The van der Waals surface area contributed by atoms with Crippen LogP contribution in [0.4, 0.5) is 5.82 Å². The first-order chi connectivity index (χ1) is 10.7. The summed E-state index contributed by atoms with van der Waals surface area (Å²) in [5, 5.41) is 0. The van der Waals surface area contributed by atoms with Crippen molar-refractivity contribution in [3.63, 3.8) is 0 Å². The van der Waals surface area contributed by atoms with Crippen LogP contribution in [0.3, 0.4) is 0 Å². The maximum Gasteiger partial charge on any atom is 0.127 e. The third-order valence-corrected chi connectivity index (χ3v) is 4.26. The van der Waals surface area contributed by atoms with E-state index in [0.29, 0.717) is 6.04 Å². The second kappa shape index (κ2) is 6.36. The van der Waals surface area contributed by atoms with E-state index in [1.165, 1.54) is 17.5 Å². The van der Waals surface area contributed by atoms with Crippen molar-refractivity contribution in [1.82, 2.24) is 9.88 Å². The van der Waals surface area contributed by atoms with E-state index >= 15 is 0 Å². The van der Waals surface area contributed by atoms with Crippen molar-refractivity contribution in [3.8, 4) is 5.75 Å². The molecule has 1 aromatic carbocycles. The Morgan fingerprint density at radius 2 is 2.14 bits per heavy atom. The van der Waals surface area contributed by atoms with Crippen LogP contribution in [-0.2, 0) is 6.54 Å². The number of anilines is 1. The Balaban J connectivity index is 1.68. The van der Waals surface area contributed by atoms with Gasteiger partial charge in [0, 0.05) is 39.4 Å². The van der Waals surface area contributed by atoms with E-state index in [2.05, 4.69) is 40.2 Å². The van der Waals surface area contributed by atoms with Crippen molar-refractivity contribution in [2.75, 3.05) is 32.6 Å². The molecule has 0 amide bonds. The van der Waals surface area contributed by atoms with E-state index in [-0.39, 0.29) is 0 Å². The van der Waals surface area contributed by atoms with Gasteiger partial charge in [-0.3, -0.25) is 4.90 Å². The molecule has 1 fully saturated rings. The number of pyridine rings is 1. The highest BCUT2D eigenvalue weighted by Crippen LogP contribution is 2.35. The maximum atomic E-state index is 5.33. The van der Waals surface area contributed by atoms with Gasteiger partial charge in [-0.15, -0.1) is 0 Å². The molecule has 1 atom stereocenters. The first-order valence-corrected chi connectivity index (χ1v) is 7.67. The average Bonchev–Trinajstić information content (AvgIpc) is 2.52. The fourth-order valence-corrected chi connectivity index (χ4v) is 2.87. The predicted octanol–water partition coefficient (Wildman–Crippen LogP) is 3.10. The van der Waals surface area contributed by atoms with Gasteiger partial charge in [0.25, 0.3) is 0 Å². The van der Waals surface area contributed by atoms with Gasteiger partial charge in [0.05, 0.1) is 7.11 Å². The quantitative estimate of drug-likeness (QED) is 0.848. The zero-order chi connectivity index (χ0) is 15.5. The molecule has 22 heavy (non-hydrogen) atoms. The van der Waals surface area contributed by atoms with Gasteiger partial charge in [-0.1, -0.05) is 18.2 Å². The average molecular weight is 297 g/mol. The molecule has 1 aliphatic rings. The van der Waals surface area contributed by atoms with Crippen molar-refractivity contribution >= 4 is 5.82 Å². The minimum absolute atomic E-state index is 0.489. The van der Waals surface area contributed by atoms with Gasteiger partial charge in [-0.25, -0.2) is 4.98 Å². The van der Waals surface area contributed by atoms with E-state index in [1.54, 1.807) is 7.11 Å². The van der Waals surface area contributed by atoms with Gasteiger partial charge < -0.3 is 9.64 Å². The second-order valence-electron chi connectivity index (χ2n) is 5.97. The third kappa shape index (κ3) is 3.07. The standard InChI is InChI=1S/C18H23N3O/c1-20(2)18-8-7-14(12-19-18)13-21-10-9-17(21)15-5-4-6-16(11-15)22-3/h4-8,11-12,17H,9-10,13H2,1-3H3/t17-/m0/s1. The minimum atomic E-state index is 0.489. The number of nitrogens with zero attached hydrogens (tertiary/aromatic N) is 3. The Bertz CT molecular complexity index is 624. The van der Waals surface area contributed by atoms with Gasteiger partial charge >= 0.3 is 0 Å². The summed E-state index contributed by atoms with van der Waals surface area (Å²) in [6.07, 6.45) is 3.19. The van der Waals surface area contributed by atoms with Crippen molar-refractivity contribution in [2.24, 2.45) is 0 Å². The first-order valence-electron chi connectivity index (χ1n) is 7.67. The molecule has 0 spiro atoms. The number of hydrogen-bond acceptors (Lipinski definition) is 4. The summed E-state index contributed by atoms with van der Waals surface area (Å²) < 4.78 is 5.33. The molecule has 0 aliphatic carbocycles. The lowest BCUT2D eigenvalue weighted by molar-refractivity contribution is 0.0816. The number of likely N-dealkylation sites (tertiary alicyclic amines) is 1. The Labute approximate surface area is 132 Å². The van der Waals surface area contributed by atoms with E-state index in [0.717, 1.165) is 24.7 Å². The van der Waals surface area contributed by atoms with Gasteiger partial charge in [-0.05, 0) is 35.7 Å². The Kier molecular flexibility index (Phi) is 4.29. The van der Waals surface area contributed by atoms with Crippen molar-refractivity contribution < 1.29 is 4.74 Å². The van der Waals surface area contributed by atoms with E-state index in [9.17, 15) is 0 Å². The topological polar surface area (TPSA) is 28.6 Å². The number of benzene rings is 1. The molecule has 1 aromatic heterocycles. The molecule has 0 radical (unpaired) electrons. The molecule has 4 nitrogen and oxygen atoms in total. The van der Waals surface area contributed by atoms with Crippen LogP contribution in [-0.4, -0.2) is 37.6 Å². The summed E-state index contributed by atoms with van der Waals surface area (Å²) in [7, 11) is 5.74. The molecule has 116 valence electrons. The summed E-state index contributed by atoms with van der Waals surface area (Å²) in [6.45, 7) is 2.08. The summed E-state index contributed by atoms with van der Waals surface area (Å²) >= 11 is 0. The molecule has 0 N–H and O–H groups in total. The van der Waals surface area contributed by atoms with Crippen LogP contribution in [0.2, 0.25) is 0 Å². The fourth-order valence-electron chi connectivity index (χ4n) is 2.87. The molecular weight excluding hydrogens is 274 g/mol. The number of aromatic nitrogens is 1. The molecule has 3 rings (SSSR count). The van der Waals surface area contributed by atoms with Crippen LogP contribution in [0, 0.1) is 0 Å². The third-order valence-electron chi connectivity index (χ3n) is 4.26. The summed E-state index contributed by atoms with van der Waals surface area (Å²) in [5.41, 5.74) is 2.60. The largest absolute Gasteiger partial charge is 0.497 e. The highest BCUT2D eigenvalue weighted by atomic mass is 16.5. The molecule has 4 heteroatoms. The molecule has 2 aromatic rings. The summed E-state index contributed by atoms with van der Waals surface area (Å²) in [5.74, 6) is 1.93. The number of hydrogen-bond donors (Lipinski definition) is 0. The number of ether oxygens (including phenoxy) is 1. The SMILES string of the molecule is COc1cccc([C@@H]2CCN2Cc2ccc(N(C)C)nc2)c1. The van der Waals surface area contributed by atoms with Crippen LogP contribution < -0.4 is 9.64 Å². The summed E-state index contributed by atoms with van der Waals surface area (Å²) in [6, 6.07) is 13.1. The zero-order valence-electron chi connectivity index (χ0n) is 13.5. The van der Waals surface area contributed by atoms with Crippen molar-refractivity contribution in [2.45, 2.75) is 19.0 Å². The van der Waals surface area contributed by atoms with E-state index < -0.39 is 0 Å². The number of rotatable bonds is 5. The lowest BCUT2D eigenvalue weighted by Crippen LogP contribution is -2.40. The lowest BCUT2D eigenvalue weighted by Gasteiger charge is -2.41. The summed E-state index contributed by atoms with van der Waals surface area (Å²) in [4.78, 5) is 9.00. The minimum Gasteiger partial charge on any atom is -0.497 e. The molecule has 0 bridgehead atoms. The molecule has 2 heterocycles. The highest BCUT2D eigenvalue weighted by Gasteiger charge is 2.29. The van der Waals surface area contributed by atoms with Gasteiger partial charge in [-0.2, -0.15) is 0 Å². The lowest BCUT2D eigenvalue weighted by atomic mass is 9.94. The van der Waals surface area contributed by atoms with Crippen molar-refractivity contribution in [1.29, 1.82) is 0 Å². The Morgan fingerprint density at radius 1 is 1.27 bits per heavy atom. The normalized spacial score (nSPS) is 17.9. The zero-order valence-corrected chi connectivity index (χ0v) is 13.5. The second-order valence-corrected chi connectivity index (χ2v) is 5.97. The molecule has 1 saturated heterocycles. The van der Waals surface area contributed by atoms with Gasteiger partial charge in [0.15, 0.2) is 0 Å². The fraction of sp³-hybridized carbons (Fsp3) is 0.389. The predicted molar refractivity (Wildman–Crippen MR) is 89.3 cm³/mol. The molecule has 0 saturated carbocycles. The Hall–Kier alpha value is -2.07. The smallest absolute Gasteiger partial charge is 0.127 e. The molecule has 1 aliphatic heterocycles. The highest BCUT2D eigenvalue weighted by molar-refractivity contribution is 5.37. The van der Waals surface area contributed by atoms with Crippen LogP contribution in [0.15, 0.2) is 42.6 Å². The van der Waals surface area contributed by atoms with Crippen molar-refractivity contribution in [3.05, 3.63) is 53.7 Å². The van der Waals surface area contributed by atoms with E-state index in [4.69, 9.17) is 4.74 Å². The van der Waals surface area contributed by atoms with Crippen LogP contribution >= 0.6 is 0 Å². The molecular formula is C18H23N3O. The molecule has 0 unspecified atom stereocenters. The van der Waals surface area contributed by atoms with Crippen LogP contribution in [0.5, 0.6) is 5.75 Å². The first kappa shape index (κ1) is 14.9.